The van der Waals surface area contributed by atoms with E-state index in [9.17, 15) is 4.79 Å². The molecule has 18 heavy (non-hydrogen) atoms. The number of cyclic esters (lactones) is 1. The van der Waals surface area contributed by atoms with E-state index < -0.39 is 8.07 Å². The molecule has 4 nitrogen and oxygen atoms in total. The van der Waals surface area contributed by atoms with E-state index in [0.717, 1.165) is 29.9 Å². The molecular weight excluding hydrogens is 246 g/mol. The predicted octanol–water partition coefficient (Wildman–Crippen LogP) is 2.10. The highest BCUT2D eigenvalue weighted by molar-refractivity contribution is 6.88. The highest BCUT2D eigenvalue weighted by atomic mass is 28.3. The van der Waals surface area contributed by atoms with Crippen LogP contribution in [0.2, 0.25) is 19.6 Å². The van der Waals surface area contributed by atoms with E-state index in [1.807, 2.05) is 0 Å². The molecule has 2 aliphatic rings. The third kappa shape index (κ3) is 1.68. The van der Waals surface area contributed by atoms with Crippen molar-refractivity contribution in [3.63, 3.8) is 0 Å². The molecule has 1 aromatic rings. The second kappa shape index (κ2) is 3.88. The van der Waals surface area contributed by atoms with Gasteiger partial charge in [0, 0.05) is 18.7 Å². The summed E-state index contributed by atoms with van der Waals surface area (Å²) in [5, 5.41) is 1.03. The van der Waals surface area contributed by atoms with E-state index in [1.165, 1.54) is 12.8 Å². The van der Waals surface area contributed by atoms with Gasteiger partial charge < -0.3 is 14.1 Å². The van der Waals surface area contributed by atoms with Crippen molar-refractivity contribution in [2.75, 3.05) is 18.0 Å². The zero-order valence-corrected chi connectivity index (χ0v) is 12.2. The van der Waals surface area contributed by atoms with Gasteiger partial charge >= 0.3 is 5.97 Å². The van der Waals surface area contributed by atoms with Crippen LogP contribution < -0.4 is 10.3 Å². The van der Waals surface area contributed by atoms with Gasteiger partial charge in [-0.15, -0.1) is 0 Å². The van der Waals surface area contributed by atoms with Crippen LogP contribution >= 0.6 is 0 Å². The molecule has 5 heteroatoms. The van der Waals surface area contributed by atoms with Gasteiger partial charge in [0.1, 0.15) is 20.2 Å². The smallest absolute Gasteiger partial charge is 0.344 e. The number of furan rings is 1. The van der Waals surface area contributed by atoms with Crippen LogP contribution in [-0.4, -0.2) is 27.1 Å². The molecule has 98 valence electrons. The Morgan fingerprint density at radius 1 is 1.17 bits per heavy atom. The molecule has 0 amide bonds. The molecule has 0 saturated carbocycles. The van der Waals surface area contributed by atoms with E-state index in [0.29, 0.717) is 12.2 Å². The van der Waals surface area contributed by atoms with E-state index in [2.05, 4.69) is 24.5 Å². The van der Waals surface area contributed by atoms with Gasteiger partial charge in [0.05, 0.1) is 5.38 Å². The average molecular weight is 265 g/mol. The molecule has 0 aromatic carbocycles. The number of esters is 1. The largest absolute Gasteiger partial charge is 0.457 e. The van der Waals surface area contributed by atoms with Gasteiger partial charge in [-0.1, -0.05) is 19.6 Å². The lowest BCUT2D eigenvalue weighted by atomic mass is 10.2. The van der Waals surface area contributed by atoms with Crippen molar-refractivity contribution in [2.24, 2.45) is 0 Å². The molecule has 1 aromatic heterocycles. The van der Waals surface area contributed by atoms with Crippen molar-refractivity contribution in [1.82, 2.24) is 0 Å². The normalized spacial score (nSPS) is 19.3. The number of ether oxygens (including phenoxy) is 1. The Morgan fingerprint density at radius 3 is 2.44 bits per heavy atom. The van der Waals surface area contributed by atoms with Gasteiger partial charge in [-0.25, -0.2) is 4.79 Å². The van der Waals surface area contributed by atoms with E-state index >= 15 is 0 Å². The van der Waals surface area contributed by atoms with E-state index in [1.54, 1.807) is 0 Å². The van der Waals surface area contributed by atoms with Gasteiger partial charge in [-0.2, -0.15) is 0 Å². The molecule has 1 fully saturated rings. The number of carbonyl (C=O) groups excluding carboxylic acids is 1. The second-order valence-corrected chi connectivity index (χ2v) is 11.1. The quantitative estimate of drug-likeness (QED) is 0.606. The van der Waals surface area contributed by atoms with Crippen molar-refractivity contribution in [3.8, 4) is 0 Å². The summed E-state index contributed by atoms with van der Waals surface area (Å²) in [7, 11) is -1.58. The van der Waals surface area contributed by atoms with Crippen LogP contribution in [0.1, 0.15) is 28.8 Å². The fourth-order valence-electron chi connectivity index (χ4n) is 2.76. The molecule has 3 heterocycles. The number of carbonyl (C=O) groups is 1. The Hall–Kier alpha value is -1.23. The number of nitrogens with zero attached hydrogens (tertiary/aromatic N) is 1. The Labute approximate surface area is 108 Å². The number of hydrogen-bond donors (Lipinski definition) is 0. The zero-order valence-electron chi connectivity index (χ0n) is 11.2. The first-order valence-corrected chi connectivity index (χ1v) is 10.1. The van der Waals surface area contributed by atoms with Crippen LogP contribution in [0, 0.1) is 0 Å². The van der Waals surface area contributed by atoms with Crippen LogP contribution in [0.3, 0.4) is 0 Å². The predicted molar refractivity (Wildman–Crippen MR) is 72.3 cm³/mol. The summed E-state index contributed by atoms with van der Waals surface area (Å²) >= 11 is 0. The third-order valence-electron chi connectivity index (χ3n) is 3.61. The van der Waals surface area contributed by atoms with Crippen LogP contribution in [0.4, 0.5) is 5.88 Å². The first kappa shape index (κ1) is 11.8. The maximum Gasteiger partial charge on any atom is 0.344 e. The summed E-state index contributed by atoms with van der Waals surface area (Å²) in [4.78, 5) is 14.1. The SMILES string of the molecule is C[Si](C)(C)c1oc(N2CCCC2)c2c1COC2=O. The van der Waals surface area contributed by atoms with Crippen LogP contribution in [0.25, 0.3) is 0 Å². The second-order valence-electron chi connectivity index (χ2n) is 6.11. The Balaban J connectivity index is 2.12. The summed E-state index contributed by atoms with van der Waals surface area (Å²) in [6, 6.07) is 0. The number of rotatable bonds is 2. The van der Waals surface area contributed by atoms with Crippen molar-refractivity contribution in [1.29, 1.82) is 0 Å². The molecule has 0 radical (unpaired) electrons. The van der Waals surface area contributed by atoms with E-state index in [-0.39, 0.29) is 5.97 Å². The minimum atomic E-state index is -1.58. The van der Waals surface area contributed by atoms with Gasteiger partial charge in [-0.05, 0) is 12.8 Å². The first-order valence-electron chi connectivity index (χ1n) is 6.56. The first-order chi connectivity index (χ1) is 8.48. The zero-order chi connectivity index (χ0) is 12.9. The summed E-state index contributed by atoms with van der Waals surface area (Å²) < 4.78 is 11.3. The molecule has 0 atom stereocenters. The average Bonchev–Trinajstić information content (AvgIpc) is 2.94. The number of fused-ring (bicyclic) bond motifs is 1. The van der Waals surface area contributed by atoms with Crippen molar-refractivity contribution in [3.05, 3.63) is 11.1 Å². The third-order valence-corrected chi connectivity index (χ3v) is 5.38. The Bertz CT molecular complexity index is 495. The van der Waals surface area contributed by atoms with E-state index in [4.69, 9.17) is 9.15 Å². The van der Waals surface area contributed by atoms with Crippen LogP contribution in [0.5, 0.6) is 0 Å². The fraction of sp³-hybridized carbons (Fsp3) is 0.615. The lowest BCUT2D eigenvalue weighted by molar-refractivity contribution is 0.0532. The number of anilines is 1. The highest BCUT2D eigenvalue weighted by Crippen LogP contribution is 2.34. The summed E-state index contributed by atoms with van der Waals surface area (Å²) in [5.41, 5.74) is 1.72. The maximum atomic E-state index is 11.9. The molecule has 2 aliphatic heterocycles. The lowest BCUT2D eigenvalue weighted by Crippen LogP contribution is -2.38. The minimum Gasteiger partial charge on any atom is -0.457 e. The van der Waals surface area contributed by atoms with Crippen molar-refractivity contribution >= 4 is 25.3 Å². The highest BCUT2D eigenvalue weighted by Gasteiger charge is 2.39. The summed E-state index contributed by atoms with van der Waals surface area (Å²) in [6.45, 7) is 9.08. The van der Waals surface area contributed by atoms with Crippen LogP contribution in [-0.2, 0) is 11.3 Å². The summed E-state index contributed by atoms with van der Waals surface area (Å²) in [5.74, 6) is 0.558. The Morgan fingerprint density at radius 2 is 1.83 bits per heavy atom. The molecular formula is C13H19NO3Si. The number of hydrogen-bond acceptors (Lipinski definition) is 4. The molecule has 0 spiro atoms. The summed E-state index contributed by atoms with van der Waals surface area (Å²) in [6.07, 6.45) is 2.35. The minimum absolute atomic E-state index is 0.208. The molecule has 0 N–H and O–H groups in total. The van der Waals surface area contributed by atoms with Gasteiger partial charge in [-0.3, -0.25) is 0 Å². The van der Waals surface area contributed by atoms with Gasteiger partial charge in [0.2, 0.25) is 5.88 Å². The monoisotopic (exact) mass is 265 g/mol. The lowest BCUT2D eigenvalue weighted by Gasteiger charge is -2.17. The fourth-order valence-corrected chi connectivity index (χ4v) is 4.26. The Kier molecular flexibility index (Phi) is 2.55. The van der Waals surface area contributed by atoms with Gasteiger partial charge in [0.25, 0.3) is 0 Å². The standard InChI is InChI=1S/C13H19NO3Si/c1-18(2,3)13-9-8-16-12(15)10(9)11(17-13)14-6-4-5-7-14/h4-8H2,1-3H3. The topological polar surface area (TPSA) is 42.7 Å². The molecule has 0 aliphatic carbocycles. The molecule has 0 bridgehead atoms. The molecule has 0 unspecified atom stereocenters. The van der Waals surface area contributed by atoms with Crippen molar-refractivity contribution < 1.29 is 13.9 Å². The maximum absolute atomic E-state index is 11.9. The van der Waals surface area contributed by atoms with Crippen LogP contribution in [0.15, 0.2) is 4.42 Å². The van der Waals surface area contributed by atoms with Crippen molar-refractivity contribution in [2.45, 2.75) is 39.1 Å². The molecule has 3 rings (SSSR count). The van der Waals surface area contributed by atoms with Gasteiger partial charge in [0.15, 0.2) is 0 Å². The molecule has 1 saturated heterocycles.